The third kappa shape index (κ3) is 2.71. The van der Waals surface area contributed by atoms with E-state index in [0.717, 1.165) is 43.6 Å². The zero-order valence-corrected chi connectivity index (χ0v) is 14.7. The van der Waals surface area contributed by atoms with Gasteiger partial charge in [-0.1, -0.05) is 25.1 Å². The minimum Gasteiger partial charge on any atom is -0.339 e. The molecule has 1 saturated carbocycles. The summed E-state index contributed by atoms with van der Waals surface area (Å²) in [5.41, 5.74) is 0.829. The van der Waals surface area contributed by atoms with E-state index >= 15 is 0 Å². The Hall–Kier alpha value is -1.55. The fourth-order valence-electron chi connectivity index (χ4n) is 4.90. The summed E-state index contributed by atoms with van der Waals surface area (Å²) in [7, 11) is 0. The van der Waals surface area contributed by atoms with Gasteiger partial charge in [0.1, 0.15) is 5.54 Å². The SMILES string of the molecule is C[C@H]1CC[C@H](N2CCC3(CC2)C(=O)NCN3c2ccccc2)CC1. The van der Waals surface area contributed by atoms with Gasteiger partial charge in [-0.15, -0.1) is 0 Å². The van der Waals surface area contributed by atoms with Crippen molar-refractivity contribution in [2.75, 3.05) is 24.7 Å². The number of nitrogens with zero attached hydrogens (tertiary/aromatic N) is 2. The Balaban J connectivity index is 1.47. The first kappa shape index (κ1) is 15.9. The molecule has 1 spiro atoms. The molecule has 1 aromatic rings. The second kappa shape index (κ2) is 6.40. The Kier molecular flexibility index (Phi) is 4.25. The van der Waals surface area contributed by atoms with Crippen LogP contribution in [0, 0.1) is 5.92 Å². The lowest BCUT2D eigenvalue weighted by Gasteiger charge is -2.46. The monoisotopic (exact) mass is 327 g/mol. The number of carbonyl (C=O) groups is 1. The van der Waals surface area contributed by atoms with Crippen LogP contribution in [0.25, 0.3) is 0 Å². The molecule has 3 fully saturated rings. The van der Waals surface area contributed by atoms with Crippen molar-refractivity contribution in [3.63, 3.8) is 0 Å². The molecule has 130 valence electrons. The highest BCUT2D eigenvalue weighted by Crippen LogP contribution is 2.38. The second-order valence-electron chi connectivity index (χ2n) is 7.91. The summed E-state index contributed by atoms with van der Waals surface area (Å²) >= 11 is 0. The van der Waals surface area contributed by atoms with Crippen LogP contribution in [0.15, 0.2) is 30.3 Å². The topological polar surface area (TPSA) is 35.6 Å². The molecule has 0 bridgehead atoms. The van der Waals surface area contributed by atoms with E-state index in [9.17, 15) is 4.79 Å². The fourth-order valence-corrected chi connectivity index (χ4v) is 4.90. The first-order valence-corrected chi connectivity index (χ1v) is 9.54. The molecule has 4 rings (SSSR count). The van der Waals surface area contributed by atoms with E-state index in [1.165, 1.54) is 25.7 Å². The molecule has 4 nitrogen and oxygen atoms in total. The summed E-state index contributed by atoms with van der Waals surface area (Å²) in [5, 5.41) is 3.10. The number of likely N-dealkylation sites (tertiary alicyclic amines) is 1. The molecular weight excluding hydrogens is 298 g/mol. The van der Waals surface area contributed by atoms with E-state index in [0.29, 0.717) is 6.67 Å². The van der Waals surface area contributed by atoms with Crippen LogP contribution in [0.2, 0.25) is 0 Å². The van der Waals surface area contributed by atoms with E-state index < -0.39 is 0 Å². The molecule has 2 heterocycles. The largest absolute Gasteiger partial charge is 0.339 e. The van der Waals surface area contributed by atoms with Crippen molar-refractivity contribution in [3.05, 3.63) is 30.3 Å². The Bertz CT molecular complexity index is 572. The molecule has 2 aliphatic heterocycles. The molecule has 1 aliphatic carbocycles. The number of anilines is 1. The number of piperidine rings is 1. The lowest BCUT2D eigenvalue weighted by molar-refractivity contribution is -0.125. The molecule has 1 amide bonds. The average molecular weight is 327 g/mol. The lowest BCUT2D eigenvalue weighted by Crippen LogP contribution is -2.58. The fraction of sp³-hybridized carbons (Fsp3) is 0.650. The standard InChI is InChI=1S/C20H29N3O/c1-16-7-9-17(10-8-16)22-13-11-20(12-14-22)19(24)21-15-23(20)18-5-3-2-4-6-18/h2-6,16-17H,7-15H2,1H3,(H,21,24)/t16-,17-. The number of amides is 1. The van der Waals surface area contributed by atoms with Crippen LogP contribution in [0.1, 0.15) is 45.4 Å². The molecule has 1 N–H and O–H groups in total. The van der Waals surface area contributed by atoms with Crippen LogP contribution in [-0.4, -0.2) is 42.1 Å². The van der Waals surface area contributed by atoms with Gasteiger partial charge in [-0.2, -0.15) is 0 Å². The van der Waals surface area contributed by atoms with Crippen LogP contribution >= 0.6 is 0 Å². The third-order valence-electron chi connectivity index (χ3n) is 6.53. The Morgan fingerprint density at radius 2 is 1.71 bits per heavy atom. The van der Waals surface area contributed by atoms with Crippen LogP contribution in [0.5, 0.6) is 0 Å². The van der Waals surface area contributed by atoms with Gasteiger partial charge in [0.2, 0.25) is 5.91 Å². The zero-order valence-electron chi connectivity index (χ0n) is 14.7. The van der Waals surface area contributed by atoms with Crippen LogP contribution < -0.4 is 10.2 Å². The molecule has 2 saturated heterocycles. The number of rotatable bonds is 2. The lowest BCUT2D eigenvalue weighted by atomic mass is 9.82. The molecular formula is C20H29N3O. The molecule has 0 atom stereocenters. The quantitative estimate of drug-likeness (QED) is 0.907. The smallest absolute Gasteiger partial charge is 0.247 e. The van der Waals surface area contributed by atoms with Crippen molar-refractivity contribution in [2.45, 2.75) is 57.0 Å². The van der Waals surface area contributed by atoms with E-state index in [1.807, 2.05) is 6.07 Å². The first-order valence-electron chi connectivity index (χ1n) is 9.54. The predicted molar refractivity (Wildman–Crippen MR) is 96.9 cm³/mol. The van der Waals surface area contributed by atoms with E-state index in [1.54, 1.807) is 0 Å². The van der Waals surface area contributed by atoms with Gasteiger partial charge in [0.05, 0.1) is 6.67 Å². The number of carbonyl (C=O) groups excluding carboxylic acids is 1. The molecule has 3 aliphatic rings. The van der Waals surface area contributed by atoms with Gasteiger partial charge >= 0.3 is 0 Å². The van der Waals surface area contributed by atoms with Gasteiger partial charge in [-0.25, -0.2) is 0 Å². The van der Waals surface area contributed by atoms with Gasteiger partial charge < -0.3 is 15.1 Å². The normalized spacial score (nSPS) is 30.5. The van der Waals surface area contributed by atoms with Crippen molar-refractivity contribution in [3.8, 4) is 0 Å². The van der Waals surface area contributed by atoms with Gasteiger partial charge in [-0.05, 0) is 56.6 Å². The second-order valence-corrected chi connectivity index (χ2v) is 7.91. The van der Waals surface area contributed by atoms with Crippen molar-refractivity contribution < 1.29 is 4.79 Å². The molecule has 24 heavy (non-hydrogen) atoms. The molecule has 1 aromatic carbocycles. The van der Waals surface area contributed by atoms with Gasteiger partial charge in [0.25, 0.3) is 0 Å². The van der Waals surface area contributed by atoms with Crippen LogP contribution in [-0.2, 0) is 4.79 Å². The number of hydrogen-bond donors (Lipinski definition) is 1. The van der Waals surface area contributed by atoms with Gasteiger partial charge in [-0.3, -0.25) is 4.79 Å². The van der Waals surface area contributed by atoms with E-state index in [4.69, 9.17) is 0 Å². The number of para-hydroxylation sites is 1. The summed E-state index contributed by atoms with van der Waals surface area (Å²) in [5.74, 6) is 1.12. The minimum absolute atomic E-state index is 0.225. The first-order chi connectivity index (χ1) is 11.7. The summed E-state index contributed by atoms with van der Waals surface area (Å²) in [4.78, 5) is 17.6. The molecule has 0 radical (unpaired) electrons. The maximum absolute atomic E-state index is 12.7. The maximum atomic E-state index is 12.7. The van der Waals surface area contributed by atoms with E-state index in [-0.39, 0.29) is 11.4 Å². The Morgan fingerprint density at radius 3 is 2.38 bits per heavy atom. The van der Waals surface area contributed by atoms with Crippen molar-refractivity contribution in [2.24, 2.45) is 5.92 Å². The number of nitrogens with one attached hydrogen (secondary N) is 1. The molecule has 4 heteroatoms. The van der Waals surface area contributed by atoms with E-state index in [2.05, 4.69) is 46.3 Å². The summed E-state index contributed by atoms with van der Waals surface area (Å²) < 4.78 is 0. The highest BCUT2D eigenvalue weighted by atomic mass is 16.2. The van der Waals surface area contributed by atoms with Crippen molar-refractivity contribution >= 4 is 11.6 Å². The summed E-state index contributed by atoms with van der Waals surface area (Å²) in [6.07, 6.45) is 7.29. The predicted octanol–water partition coefficient (Wildman–Crippen LogP) is 2.99. The van der Waals surface area contributed by atoms with Gasteiger partial charge in [0, 0.05) is 24.8 Å². The van der Waals surface area contributed by atoms with Crippen molar-refractivity contribution in [1.82, 2.24) is 10.2 Å². The highest BCUT2D eigenvalue weighted by molar-refractivity contribution is 5.93. The van der Waals surface area contributed by atoms with Gasteiger partial charge in [0.15, 0.2) is 0 Å². The Morgan fingerprint density at radius 1 is 1.04 bits per heavy atom. The van der Waals surface area contributed by atoms with Crippen molar-refractivity contribution in [1.29, 1.82) is 0 Å². The number of benzene rings is 1. The minimum atomic E-state index is -0.334. The molecule has 0 aromatic heterocycles. The zero-order chi connectivity index (χ0) is 16.6. The maximum Gasteiger partial charge on any atom is 0.247 e. The summed E-state index contributed by atoms with van der Waals surface area (Å²) in [6.45, 7) is 5.12. The molecule has 0 unspecified atom stereocenters. The average Bonchev–Trinajstić information content (AvgIpc) is 2.94. The number of hydrogen-bond acceptors (Lipinski definition) is 3. The third-order valence-corrected chi connectivity index (χ3v) is 6.53. The van der Waals surface area contributed by atoms with Crippen LogP contribution in [0.4, 0.5) is 5.69 Å². The highest BCUT2D eigenvalue weighted by Gasteiger charge is 2.50. The summed E-state index contributed by atoms with van der Waals surface area (Å²) in [6, 6.07) is 11.1. The van der Waals surface area contributed by atoms with Crippen LogP contribution in [0.3, 0.4) is 0 Å². The Labute approximate surface area is 145 Å².